The van der Waals surface area contributed by atoms with Gasteiger partial charge in [-0.3, -0.25) is 4.98 Å². The summed E-state index contributed by atoms with van der Waals surface area (Å²) in [6.07, 6.45) is 1.43. The fourth-order valence-electron chi connectivity index (χ4n) is 1.35. The number of pyridine rings is 1. The molecule has 0 bridgehead atoms. The fourth-order valence-corrected chi connectivity index (χ4v) is 1.35. The Morgan fingerprint density at radius 3 is 2.57 bits per heavy atom. The van der Waals surface area contributed by atoms with E-state index in [9.17, 15) is 0 Å². The summed E-state index contributed by atoms with van der Waals surface area (Å²) in [5, 5.41) is 18.4. The Kier molecular flexibility index (Phi) is 1.86. The van der Waals surface area contributed by atoms with Crippen molar-refractivity contribution in [2.75, 3.05) is 0 Å². The van der Waals surface area contributed by atoms with Gasteiger partial charge in [-0.05, 0) is 6.07 Å². The summed E-state index contributed by atoms with van der Waals surface area (Å²) in [5.41, 5.74) is 1.47. The quantitative estimate of drug-likeness (QED) is 0.621. The van der Waals surface area contributed by atoms with Gasteiger partial charge >= 0.3 is 0 Å². The Bertz CT molecular complexity index is 573. The van der Waals surface area contributed by atoms with E-state index in [4.69, 9.17) is 10.5 Å². The van der Waals surface area contributed by atoms with Crippen molar-refractivity contribution in [3.05, 3.63) is 41.6 Å². The van der Waals surface area contributed by atoms with Crippen LogP contribution in [0.25, 0.3) is 10.9 Å². The molecule has 64 valence electrons. The van der Waals surface area contributed by atoms with E-state index in [0.29, 0.717) is 11.1 Å². The Labute approximate surface area is 80.8 Å². The molecule has 2 rings (SSSR count). The minimum Gasteiger partial charge on any atom is -0.255 e. The van der Waals surface area contributed by atoms with Crippen molar-refractivity contribution in [3.8, 4) is 12.1 Å². The Morgan fingerprint density at radius 2 is 1.86 bits per heavy atom. The van der Waals surface area contributed by atoms with E-state index in [1.807, 2.05) is 30.3 Å². The topological polar surface area (TPSA) is 60.5 Å². The smallest absolute Gasteiger partial charge is 0.102 e. The van der Waals surface area contributed by atoms with Crippen LogP contribution in [0.1, 0.15) is 11.1 Å². The van der Waals surface area contributed by atoms with E-state index in [2.05, 4.69) is 4.98 Å². The van der Waals surface area contributed by atoms with Gasteiger partial charge in [-0.2, -0.15) is 10.5 Å². The average molecular weight is 179 g/mol. The Morgan fingerprint density at radius 1 is 1.07 bits per heavy atom. The zero-order valence-corrected chi connectivity index (χ0v) is 7.23. The minimum atomic E-state index is 0.325. The number of fused-ring (bicyclic) bond motifs is 1. The van der Waals surface area contributed by atoms with Crippen LogP contribution in [-0.4, -0.2) is 4.98 Å². The summed E-state index contributed by atoms with van der Waals surface area (Å²) in [7, 11) is 0. The standard InChI is InChI=1S/C11H5N3/c12-5-8-7-14-11-4-2-1-3-9(11)10(8)6-13/h1-4,7H. The highest BCUT2D eigenvalue weighted by Crippen LogP contribution is 2.18. The highest BCUT2D eigenvalue weighted by Gasteiger charge is 2.06. The number of nitrogens with zero attached hydrogens (tertiary/aromatic N) is 3. The van der Waals surface area contributed by atoms with Gasteiger partial charge in [0.25, 0.3) is 0 Å². The molecule has 3 heteroatoms. The van der Waals surface area contributed by atoms with Gasteiger partial charge in [0.2, 0.25) is 0 Å². The van der Waals surface area contributed by atoms with Crippen LogP contribution in [0, 0.1) is 22.7 Å². The monoisotopic (exact) mass is 179 g/mol. The molecular weight excluding hydrogens is 174 g/mol. The van der Waals surface area contributed by atoms with Gasteiger partial charge in [0.15, 0.2) is 0 Å². The van der Waals surface area contributed by atoms with Gasteiger partial charge in [0, 0.05) is 11.6 Å². The number of aromatic nitrogens is 1. The molecule has 0 amide bonds. The van der Waals surface area contributed by atoms with Gasteiger partial charge in [-0.25, -0.2) is 0 Å². The van der Waals surface area contributed by atoms with E-state index in [-0.39, 0.29) is 0 Å². The second-order valence-electron chi connectivity index (χ2n) is 2.79. The molecule has 0 spiro atoms. The molecule has 0 aliphatic heterocycles. The lowest BCUT2D eigenvalue weighted by atomic mass is 10.1. The molecule has 0 atom stereocenters. The van der Waals surface area contributed by atoms with Crippen molar-refractivity contribution in [1.82, 2.24) is 4.98 Å². The molecule has 0 saturated heterocycles. The number of nitriles is 2. The third-order valence-electron chi connectivity index (χ3n) is 2.01. The zero-order chi connectivity index (χ0) is 9.97. The molecule has 14 heavy (non-hydrogen) atoms. The van der Waals surface area contributed by atoms with E-state index < -0.39 is 0 Å². The van der Waals surface area contributed by atoms with Gasteiger partial charge in [-0.1, -0.05) is 18.2 Å². The molecule has 0 aliphatic rings. The van der Waals surface area contributed by atoms with Gasteiger partial charge in [-0.15, -0.1) is 0 Å². The Hall–Kier alpha value is -2.39. The number of hydrogen-bond donors (Lipinski definition) is 0. The first kappa shape index (κ1) is 8.22. The summed E-state index contributed by atoms with van der Waals surface area (Å²) < 4.78 is 0. The third kappa shape index (κ3) is 1.09. The largest absolute Gasteiger partial charge is 0.255 e. The molecule has 0 fully saturated rings. The maximum atomic E-state index is 8.92. The van der Waals surface area contributed by atoms with Crippen LogP contribution in [-0.2, 0) is 0 Å². The number of hydrogen-bond acceptors (Lipinski definition) is 3. The van der Waals surface area contributed by atoms with Crippen molar-refractivity contribution in [2.24, 2.45) is 0 Å². The van der Waals surface area contributed by atoms with Gasteiger partial charge in [0.1, 0.15) is 12.1 Å². The SMILES string of the molecule is N#Cc1cnc2ccccc2c1C#N. The molecule has 1 aromatic heterocycles. The van der Waals surface area contributed by atoms with Crippen LogP contribution in [0.4, 0.5) is 0 Å². The lowest BCUT2D eigenvalue weighted by Crippen LogP contribution is -1.88. The highest BCUT2D eigenvalue weighted by molar-refractivity contribution is 5.86. The van der Waals surface area contributed by atoms with Crippen molar-refractivity contribution in [2.45, 2.75) is 0 Å². The van der Waals surface area contributed by atoms with E-state index >= 15 is 0 Å². The molecule has 0 N–H and O–H groups in total. The Balaban J connectivity index is 2.94. The first-order valence-corrected chi connectivity index (χ1v) is 4.05. The second kappa shape index (κ2) is 3.16. The third-order valence-corrected chi connectivity index (χ3v) is 2.01. The molecule has 1 heterocycles. The molecule has 1 aromatic carbocycles. The van der Waals surface area contributed by atoms with Crippen molar-refractivity contribution in [1.29, 1.82) is 10.5 Å². The van der Waals surface area contributed by atoms with Crippen LogP contribution < -0.4 is 0 Å². The predicted molar refractivity (Wildman–Crippen MR) is 51.2 cm³/mol. The van der Waals surface area contributed by atoms with Crippen molar-refractivity contribution >= 4 is 10.9 Å². The average Bonchev–Trinajstić information content (AvgIpc) is 2.27. The summed E-state index contributed by atoms with van der Waals surface area (Å²) in [6, 6.07) is 11.3. The van der Waals surface area contributed by atoms with Crippen LogP contribution in [0.5, 0.6) is 0 Å². The predicted octanol–water partition coefficient (Wildman–Crippen LogP) is 1.98. The summed E-state index contributed by atoms with van der Waals surface area (Å²) in [4.78, 5) is 4.09. The normalized spacial score (nSPS) is 9.29. The molecule has 0 saturated carbocycles. The molecule has 0 radical (unpaired) electrons. The first-order chi connectivity index (χ1) is 6.86. The summed E-state index contributed by atoms with van der Waals surface area (Å²) >= 11 is 0. The summed E-state index contributed by atoms with van der Waals surface area (Å²) in [6.45, 7) is 0. The van der Waals surface area contributed by atoms with Gasteiger partial charge < -0.3 is 0 Å². The van der Waals surface area contributed by atoms with E-state index in [1.54, 1.807) is 6.07 Å². The number of para-hydroxylation sites is 1. The molecule has 0 aliphatic carbocycles. The van der Waals surface area contributed by atoms with Crippen molar-refractivity contribution in [3.63, 3.8) is 0 Å². The number of benzene rings is 1. The molecule has 0 unspecified atom stereocenters. The van der Waals surface area contributed by atoms with Crippen LogP contribution in [0.15, 0.2) is 30.5 Å². The highest BCUT2D eigenvalue weighted by atomic mass is 14.7. The fraction of sp³-hybridized carbons (Fsp3) is 0. The molecular formula is C11H5N3. The molecule has 2 aromatic rings. The molecule has 3 nitrogen and oxygen atoms in total. The van der Waals surface area contributed by atoms with E-state index in [1.165, 1.54) is 6.20 Å². The van der Waals surface area contributed by atoms with Crippen LogP contribution >= 0.6 is 0 Å². The zero-order valence-electron chi connectivity index (χ0n) is 7.23. The summed E-state index contributed by atoms with van der Waals surface area (Å²) in [5.74, 6) is 0. The first-order valence-electron chi connectivity index (χ1n) is 4.05. The lowest BCUT2D eigenvalue weighted by molar-refractivity contribution is 1.35. The second-order valence-corrected chi connectivity index (χ2v) is 2.79. The lowest BCUT2D eigenvalue weighted by Gasteiger charge is -1.99. The maximum Gasteiger partial charge on any atom is 0.102 e. The van der Waals surface area contributed by atoms with Crippen LogP contribution in [0.3, 0.4) is 0 Å². The maximum absolute atomic E-state index is 8.92. The van der Waals surface area contributed by atoms with E-state index in [0.717, 1.165) is 10.9 Å². The van der Waals surface area contributed by atoms with Crippen molar-refractivity contribution < 1.29 is 0 Å². The number of rotatable bonds is 0. The van der Waals surface area contributed by atoms with Gasteiger partial charge in [0.05, 0.1) is 16.6 Å². The van der Waals surface area contributed by atoms with Crippen LogP contribution in [0.2, 0.25) is 0 Å². The minimum absolute atomic E-state index is 0.325.